The van der Waals surface area contributed by atoms with E-state index in [1.54, 1.807) is 6.20 Å². The van der Waals surface area contributed by atoms with Gasteiger partial charge in [0.15, 0.2) is 5.58 Å². The summed E-state index contributed by atoms with van der Waals surface area (Å²) in [5.74, 6) is 0. The molecule has 0 aliphatic heterocycles. The van der Waals surface area contributed by atoms with Crippen molar-refractivity contribution in [3.63, 3.8) is 0 Å². The van der Waals surface area contributed by atoms with E-state index in [1.807, 2.05) is 18.3 Å². The van der Waals surface area contributed by atoms with E-state index < -0.39 is 0 Å². The van der Waals surface area contributed by atoms with Gasteiger partial charge in [-0.15, -0.1) is 0 Å². The predicted octanol–water partition coefficient (Wildman–Crippen LogP) is 11.2. The summed E-state index contributed by atoms with van der Waals surface area (Å²) in [6, 6.07) is 53.8. The van der Waals surface area contributed by atoms with Gasteiger partial charge in [-0.2, -0.15) is 0 Å². The van der Waals surface area contributed by atoms with Gasteiger partial charge >= 0.3 is 0 Å². The van der Waals surface area contributed by atoms with Crippen molar-refractivity contribution < 1.29 is 4.42 Å². The van der Waals surface area contributed by atoms with Crippen LogP contribution in [0.1, 0.15) is 0 Å². The van der Waals surface area contributed by atoms with Gasteiger partial charge in [0.2, 0.25) is 0 Å². The summed E-state index contributed by atoms with van der Waals surface area (Å²) < 4.78 is 8.59. The van der Waals surface area contributed by atoms with Crippen molar-refractivity contribution in [2.24, 2.45) is 0 Å². The molecule has 0 bridgehead atoms. The average Bonchev–Trinajstić information content (AvgIpc) is 3.65. The van der Waals surface area contributed by atoms with Gasteiger partial charge in [0, 0.05) is 56.6 Å². The zero-order valence-electron chi connectivity index (χ0n) is 24.3. The van der Waals surface area contributed by atoms with Gasteiger partial charge in [0.25, 0.3) is 0 Å². The lowest BCUT2D eigenvalue weighted by Gasteiger charge is -2.26. The van der Waals surface area contributed by atoms with Crippen LogP contribution in [0.5, 0.6) is 0 Å². The first-order valence-electron chi connectivity index (χ1n) is 15.1. The smallest absolute Gasteiger partial charge is 0.153 e. The third kappa shape index (κ3) is 4.19. The topological polar surface area (TPSA) is 34.2 Å². The number of furan rings is 1. The van der Waals surface area contributed by atoms with E-state index in [2.05, 4.69) is 154 Å². The lowest BCUT2D eigenvalue weighted by Crippen LogP contribution is -2.09. The maximum absolute atomic E-state index is 6.23. The normalized spacial score (nSPS) is 11.6. The van der Waals surface area contributed by atoms with Crippen molar-refractivity contribution in [1.82, 2.24) is 9.55 Å². The quantitative estimate of drug-likeness (QED) is 0.204. The highest BCUT2D eigenvalue weighted by atomic mass is 16.3. The first-order chi connectivity index (χ1) is 22.3. The number of para-hydroxylation sites is 3. The number of fused-ring (bicyclic) bond motifs is 6. The molecule has 4 heteroatoms. The van der Waals surface area contributed by atoms with E-state index in [1.165, 1.54) is 21.8 Å². The molecule has 0 radical (unpaired) electrons. The SMILES string of the molecule is c1ccc(N(c2cccc(-c3cccc(-n4c5ccccc5c5ccccc54)c3)c2)c2ccc3c(c2)oc2cnccc23)cc1. The minimum Gasteiger partial charge on any atom is -0.454 e. The van der Waals surface area contributed by atoms with Crippen molar-refractivity contribution in [2.75, 3.05) is 4.90 Å². The summed E-state index contributed by atoms with van der Waals surface area (Å²) in [6.45, 7) is 0. The fourth-order valence-corrected chi connectivity index (χ4v) is 6.63. The maximum atomic E-state index is 6.23. The molecule has 0 N–H and O–H groups in total. The maximum Gasteiger partial charge on any atom is 0.153 e. The molecule has 0 spiro atoms. The number of rotatable bonds is 5. The fraction of sp³-hybridized carbons (Fsp3) is 0. The average molecular weight is 578 g/mol. The molecule has 9 rings (SSSR count). The Labute approximate surface area is 260 Å². The highest BCUT2D eigenvalue weighted by Crippen LogP contribution is 2.40. The van der Waals surface area contributed by atoms with Gasteiger partial charge in [-0.05, 0) is 77.9 Å². The Hall–Kier alpha value is -6.13. The van der Waals surface area contributed by atoms with Crippen LogP contribution in [0.15, 0.2) is 168 Å². The molecule has 212 valence electrons. The molecule has 0 aliphatic rings. The van der Waals surface area contributed by atoms with Crippen LogP contribution in [-0.2, 0) is 0 Å². The number of hydrogen-bond acceptors (Lipinski definition) is 3. The molecule has 0 fully saturated rings. The molecule has 0 saturated heterocycles. The van der Waals surface area contributed by atoms with Crippen LogP contribution in [0.4, 0.5) is 17.1 Å². The van der Waals surface area contributed by atoms with E-state index >= 15 is 0 Å². The van der Waals surface area contributed by atoms with Gasteiger partial charge in [0.1, 0.15) is 5.58 Å². The predicted molar refractivity (Wildman–Crippen MR) is 186 cm³/mol. The molecule has 0 amide bonds. The number of pyridine rings is 1. The van der Waals surface area contributed by atoms with Crippen LogP contribution in [0, 0.1) is 0 Å². The summed E-state index contributed by atoms with van der Waals surface area (Å²) >= 11 is 0. The summed E-state index contributed by atoms with van der Waals surface area (Å²) in [7, 11) is 0. The summed E-state index contributed by atoms with van der Waals surface area (Å²) in [6.07, 6.45) is 3.59. The second kappa shape index (κ2) is 10.2. The van der Waals surface area contributed by atoms with Gasteiger partial charge in [0.05, 0.1) is 17.2 Å². The minimum absolute atomic E-state index is 0.793. The third-order valence-electron chi connectivity index (χ3n) is 8.65. The Balaban J connectivity index is 1.18. The Morgan fingerprint density at radius 1 is 0.467 bits per heavy atom. The number of nitrogens with zero attached hydrogens (tertiary/aromatic N) is 3. The van der Waals surface area contributed by atoms with Crippen molar-refractivity contribution in [2.45, 2.75) is 0 Å². The number of benzene rings is 6. The van der Waals surface area contributed by atoms with Crippen LogP contribution < -0.4 is 4.90 Å². The first-order valence-corrected chi connectivity index (χ1v) is 15.1. The highest BCUT2D eigenvalue weighted by Gasteiger charge is 2.17. The number of aromatic nitrogens is 2. The van der Waals surface area contributed by atoms with E-state index in [-0.39, 0.29) is 0 Å². The Morgan fingerprint density at radius 2 is 1.11 bits per heavy atom. The van der Waals surface area contributed by atoms with Gasteiger partial charge in [-0.1, -0.05) is 78.9 Å². The zero-order valence-corrected chi connectivity index (χ0v) is 24.3. The summed E-state index contributed by atoms with van der Waals surface area (Å²) in [4.78, 5) is 6.53. The Morgan fingerprint density at radius 3 is 1.91 bits per heavy atom. The van der Waals surface area contributed by atoms with Gasteiger partial charge in [-0.25, -0.2) is 0 Å². The van der Waals surface area contributed by atoms with Crippen LogP contribution in [-0.4, -0.2) is 9.55 Å². The van der Waals surface area contributed by atoms with Crippen molar-refractivity contribution in [3.8, 4) is 16.8 Å². The Kier molecular flexibility index (Phi) is 5.78. The molecule has 6 aromatic carbocycles. The largest absolute Gasteiger partial charge is 0.454 e. The molecule has 0 unspecified atom stereocenters. The molecule has 45 heavy (non-hydrogen) atoms. The summed E-state index contributed by atoms with van der Waals surface area (Å²) in [5.41, 5.74) is 10.7. The van der Waals surface area contributed by atoms with Crippen molar-refractivity contribution in [3.05, 3.63) is 164 Å². The molecule has 0 atom stereocenters. The fourth-order valence-electron chi connectivity index (χ4n) is 6.63. The summed E-state index contributed by atoms with van der Waals surface area (Å²) in [5, 5.41) is 4.68. The Bertz CT molecular complexity index is 2450. The minimum atomic E-state index is 0.793. The van der Waals surface area contributed by atoms with Crippen molar-refractivity contribution >= 4 is 60.8 Å². The van der Waals surface area contributed by atoms with Gasteiger partial charge < -0.3 is 13.9 Å². The van der Waals surface area contributed by atoms with Crippen LogP contribution in [0.2, 0.25) is 0 Å². The molecular weight excluding hydrogens is 550 g/mol. The van der Waals surface area contributed by atoms with E-state index in [9.17, 15) is 0 Å². The highest BCUT2D eigenvalue weighted by molar-refractivity contribution is 6.09. The van der Waals surface area contributed by atoms with Crippen LogP contribution in [0.3, 0.4) is 0 Å². The monoisotopic (exact) mass is 577 g/mol. The lowest BCUT2D eigenvalue weighted by molar-refractivity contribution is 0.667. The second-order valence-corrected chi connectivity index (χ2v) is 11.3. The molecular formula is C41H27N3O. The van der Waals surface area contributed by atoms with E-state index in [4.69, 9.17) is 4.42 Å². The molecule has 9 aromatic rings. The molecule has 3 heterocycles. The second-order valence-electron chi connectivity index (χ2n) is 11.3. The molecule has 0 aliphatic carbocycles. The van der Waals surface area contributed by atoms with Crippen LogP contribution in [0.25, 0.3) is 60.6 Å². The first kappa shape index (κ1) is 25.4. The zero-order chi connectivity index (χ0) is 29.7. The lowest BCUT2D eigenvalue weighted by atomic mass is 10.0. The number of anilines is 3. The van der Waals surface area contributed by atoms with Gasteiger partial charge in [-0.3, -0.25) is 4.98 Å². The third-order valence-corrected chi connectivity index (χ3v) is 8.65. The molecule has 4 nitrogen and oxygen atoms in total. The van der Waals surface area contributed by atoms with E-state index in [0.717, 1.165) is 55.8 Å². The van der Waals surface area contributed by atoms with Crippen molar-refractivity contribution in [1.29, 1.82) is 0 Å². The standard InChI is InChI=1S/C41H27N3O/c1-2-12-30(13-3-1)43(33-20-21-36-37-22-23-42-27-41(37)45-40(36)26-33)31-14-8-10-28(24-31)29-11-9-15-32(25-29)44-38-18-6-4-16-34(38)35-17-5-7-19-39(35)44/h1-27H. The molecule has 3 aromatic heterocycles. The van der Waals surface area contributed by atoms with Crippen LogP contribution >= 0.6 is 0 Å². The molecule has 0 saturated carbocycles. The van der Waals surface area contributed by atoms with E-state index in [0.29, 0.717) is 0 Å². The number of hydrogen-bond donors (Lipinski definition) is 0.